The Morgan fingerprint density at radius 1 is 1.33 bits per heavy atom. The van der Waals surface area contributed by atoms with Crippen LogP contribution in [0.4, 0.5) is 0 Å². The first-order valence-corrected chi connectivity index (χ1v) is 7.95. The third kappa shape index (κ3) is 9.42. The number of nitrogens with one attached hydrogen (secondary N) is 1. The molecule has 3 heteroatoms. The second kappa shape index (κ2) is 9.42. The molecule has 0 radical (unpaired) electrons. The standard InChI is InChI=1S/C6H14I2N/c1-8-5-3-2-4-6-9-7/h9H,2-6H2,1H3/q-1. The second-order valence-corrected chi connectivity index (χ2v) is 5.27. The topological polar surface area (TPSA) is 12.0 Å². The van der Waals surface area contributed by atoms with Crippen LogP contribution in [0.3, 0.4) is 0 Å². The van der Waals surface area contributed by atoms with E-state index in [1.165, 1.54) is 30.2 Å². The van der Waals surface area contributed by atoms with E-state index in [1.807, 2.05) is 0 Å². The van der Waals surface area contributed by atoms with Gasteiger partial charge in [-0.05, 0) is 0 Å². The molecule has 0 rings (SSSR count). The van der Waals surface area contributed by atoms with Crippen LogP contribution in [0.1, 0.15) is 19.3 Å². The van der Waals surface area contributed by atoms with Gasteiger partial charge in [0.25, 0.3) is 0 Å². The molecule has 0 spiro atoms. The van der Waals surface area contributed by atoms with Gasteiger partial charge >= 0.3 is 82.8 Å². The van der Waals surface area contributed by atoms with Gasteiger partial charge in [0.05, 0.1) is 0 Å². The van der Waals surface area contributed by atoms with Crippen LogP contribution in [0.15, 0.2) is 0 Å². The predicted molar refractivity (Wildman–Crippen MR) is 46.7 cm³/mol. The molecular formula is C6H14I2N-. The molecule has 0 aliphatic heterocycles. The number of alkyl halides is 2. The molecule has 0 aromatic heterocycles. The van der Waals surface area contributed by atoms with E-state index in [9.17, 15) is 0 Å². The molecule has 0 atom stereocenters. The molecule has 0 heterocycles. The van der Waals surface area contributed by atoms with E-state index in [1.54, 1.807) is 0 Å². The average Bonchev–Trinajstić information content (AvgIpc) is 1.89. The van der Waals surface area contributed by atoms with Crippen LogP contribution in [0.2, 0.25) is 0 Å². The third-order valence-corrected chi connectivity index (χ3v) is 3.47. The van der Waals surface area contributed by atoms with Gasteiger partial charge < -0.3 is 0 Å². The molecule has 0 fully saturated rings. The Kier molecular flexibility index (Phi) is 10.9. The first-order chi connectivity index (χ1) is 4.41. The van der Waals surface area contributed by atoms with Gasteiger partial charge in [0.15, 0.2) is 0 Å². The Labute approximate surface area is 82.1 Å². The molecule has 0 aliphatic rings. The van der Waals surface area contributed by atoms with Gasteiger partial charge in [-0.3, -0.25) is 0 Å². The van der Waals surface area contributed by atoms with Crippen LogP contribution in [-0.4, -0.2) is 15.9 Å². The summed E-state index contributed by atoms with van der Waals surface area (Å²) in [4.78, 5) is 2.36. The number of rotatable bonds is 6. The normalized spacial score (nSPS) is 10.4. The van der Waals surface area contributed by atoms with Gasteiger partial charge in [0, 0.05) is 0 Å². The van der Waals surface area contributed by atoms with E-state index >= 15 is 0 Å². The molecule has 1 N–H and O–H groups in total. The molecule has 58 valence electrons. The van der Waals surface area contributed by atoms with Gasteiger partial charge in [0.1, 0.15) is 0 Å². The van der Waals surface area contributed by atoms with Crippen LogP contribution in [0, 0.1) is 0 Å². The zero-order chi connectivity index (χ0) is 6.95. The van der Waals surface area contributed by atoms with Gasteiger partial charge in [-0.1, -0.05) is 0 Å². The van der Waals surface area contributed by atoms with E-state index in [0.29, 0.717) is 21.2 Å². The second-order valence-electron chi connectivity index (χ2n) is 1.90. The summed E-state index contributed by atoms with van der Waals surface area (Å²) in [5.41, 5.74) is 0. The summed E-state index contributed by atoms with van der Waals surface area (Å²) >= 11 is 2.77. The predicted octanol–water partition coefficient (Wildman–Crippen LogP) is -1.18. The monoisotopic (exact) mass is 354 g/mol. The SMILES string of the molecule is C[I-]CCCCCNI. The van der Waals surface area contributed by atoms with Gasteiger partial charge in [-0.25, -0.2) is 0 Å². The van der Waals surface area contributed by atoms with E-state index in [4.69, 9.17) is 0 Å². The van der Waals surface area contributed by atoms with Crippen molar-refractivity contribution in [2.45, 2.75) is 19.3 Å². The fourth-order valence-corrected chi connectivity index (χ4v) is 2.28. The van der Waals surface area contributed by atoms with Crippen molar-refractivity contribution in [3.05, 3.63) is 0 Å². The molecule has 0 amide bonds. The van der Waals surface area contributed by atoms with Crippen molar-refractivity contribution in [2.75, 3.05) is 15.9 Å². The fourth-order valence-electron chi connectivity index (χ4n) is 0.597. The maximum absolute atomic E-state index is 3.12. The minimum absolute atomic E-state index is 0.563. The molecule has 0 aromatic rings. The number of halogens is 2. The number of hydrogen-bond donors (Lipinski definition) is 1. The Hall–Kier alpha value is 1.42. The van der Waals surface area contributed by atoms with Crippen molar-refractivity contribution >= 4 is 22.9 Å². The Balaban J connectivity index is 2.60. The summed E-state index contributed by atoms with van der Waals surface area (Å²) in [6.45, 7) is 1.18. The summed E-state index contributed by atoms with van der Waals surface area (Å²) in [6, 6.07) is 0. The Morgan fingerprint density at radius 3 is 2.67 bits per heavy atom. The molecule has 0 saturated carbocycles. The summed E-state index contributed by atoms with van der Waals surface area (Å²) in [6.07, 6.45) is 4.23. The van der Waals surface area contributed by atoms with Crippen molar-refractivity contribution in [3.63, 3.8) is 0 Å². The summed E-state index contributed by atoms with van der Waals surface area (Å²) in [7, 11) is 0. The van der Waals surface area contributed by atoms with Crippen LogP contribution in [-0.2, 0) is 0 Å². The first-order valence-electron chi connectivity index (χ1n) is 3.19. The molecule has 9 heavy (non-hydrogen) atoms. The van der Waals surface area contributed by atoms with Crippen molar-refractivity contribution in [3.8, 4) is 0 Å². The first kappa shape index (κ1) is 10.4. The van der Waals surface area contributed by atoms with E-state index in [0.717, 1.165) is 0 Å². The molecule has 0 saturated heterocycles. The molecule has 1 nitrogen and oxygen atoms in total. The van der Waals surface area contributed by atoms with E-state index < -0.39 is 0 Å². The van der Waals surface area contributed by atoms with Gasteiger partial charge in [0.2, 0.25) is 0 Å². The third-order valence-electron chi connectivity index (χ3n) is 1.09. The summed E-state index contributed by atoms with van der Waals surface area (Å²) in [5, 5.41) is 0. The van der Waals surface area contributed by atoms with Crippen LogP contribution >= 0.6 is 22.9 Å². The molecule has 0 unspecified atom stereocenters. The zero-order valence-corrected chi connectivity index (χ0v) is 10.1. The maximum atomic E-state index is 3.12. The quantitative estimate of drug-likeness (QED) is 0.274. The Bertz CT molecular complexity index is 44.3. The van der Waals surface area contributed by atoms with E-state index in [-0.39, 0.29) is 0 Å². The van der Waals surface area contributed by atoms with Crippen LogP contribution in [0.25, 0.3) is 0 Å². The average molecular weight is 354 g/mol. The van der Waals surface area contributed by atoms with E-state index in [2.05, 4.69) is 31.3 Å². The van der Waals surface area contributed by atoms with Gasteiger partial charge in [-0.15, -0.1) is 0 Å². The fraction of sp³-hybridized carbons (Fsp3) is 1.00. The Morgan fingerprint density at radius 2 is 2.11 bits per heavy atom. The molecule has 0 bridgehead atoms. The zero-order valence-electron chi connectivity index (χ0n) is 5.79. The van der Waals surface area contributed by atoms with Crippen LogP contribution in [0.5, 0.6) is 0 Å². The van der Waals surface area contributed by atoms with Crippen molar-refractivity contribution < 1.29 is 21.2 Å². The van der Waals surface area contributed by atoms with Crippen molar-refractivity contribution in [2.24, 2.45) is 0 Å². The number of unbranched alkanes of at least 4 members (excludes halogenated alkanes) is 2. The summed E-state index contributed by atoms with van der Waals surface area (Å²) < 4.78 is 4.64. The van der Waals surface area contributed by atoms with Crippen molar-refractivity contribution in [1.29, 1.82) is 0 Å². The van der Waals surface area contributed by atoms with Crippen LogP contribution < -0.4 is 24.7 Å². The minimum atomic E-state index is 0.563. The molecule has 0 aliphatic carbocycles. The number of hydrogen-bond acceptors (Lipinski definition) is 1. The van der Waals surface area contributed by atoms with Gasteiger partial charge in [-0.2, -0.15) is 0 Å². The summed E-state index contributed by atoms with van der Waals surface area (Å²) in [5.74, 6) is 0. The molecule has 0 aromatic carbocycles. The van der Waals surface area contributed by atoms with Crippen molar-refractivity contribution in [1.82, 2.24) is 3.53 Å². The molecular weight excluding hydrogens is 340 g/mol.